The Bertz CT molecular complexity index is 335. The quantitative estimate of drug-likeness (QED) is 0.661. The van der Waals surface area contributed by atoms with E-state index >= 15 is 0 Å². The summed E-state index contributed by atoms with van der Waals surface area (Å²) in [6.45, 7) is 3.64. The van der Waals surface area contributed by atoms with Gasteiger partial charge in [0.15, 0.2) is 5.78 Å². The van der Waals surface area contributed by atoms with Crippen molar-refractivity contribution < 1.29 is 4.79 Å². The summed E-state index contributed by atoms with van der Waals surface area (Å²) in [6, 6.07) is 0. The Morgan fingerprint density at radius 1 is 1.42 bits per heavy atom. The molecule has 0 unspecified atom stereocenters. The lowest BCUT2D eigenvalue weighted by atomic mass is 10.1. The minimum absolute atomic E-state index is 0.00616. The van der Waals surface area contributed by atoms with Crippen LogP contribution in [0.2, 0.25) is 0 Å². The fourth-order valence-corrected chi connectivity index (χ4v) is 1.10. The molecule has 0 saturated heterocycles. The van der Waals surface area contributed by atoms with Crippen LogP contribution in [-0.2, 0) is 0 Å². The Labute approximate surface area is 70.0 Å². The Morgan fingerprint density at radius 3 is 2.50 bits per heavy atom. The smallest absolute Gasteiger partial charge is 0.310 e. The normalized spacial score (nSPS) is 10.2. The molecule has 1 aromatic rings. The molecule has 0 aliphatic carbocycles. The highest BCUT2D eigenvalue weighted by Crippen LogP contribution is 2.03. The number of aromatic nitrogens is 2. The van der Waals surface area contributed by atoms with Crippen LogP contribution in [0.25, 0.3) is 0 Å². The molecule has 0 aliphatic rings. The summed E-state index contributed by atoms with van der Waals surface area (Å²) in [6.07, 6.45) is 1.28. The lowest BCUT2D eigenvalue weighted by molar-refractivity contribution is 0.0976. The summed E-state index contributed by atoms with van der Waals surface area (Å²) < 4.78 is 0. The van der Waals surface area contributed by atoms with E-state index in [2.05, 4.69) is 9.97 Å². The van der Waals surface area contributed by atoms with Crippen molar-refractivity contribution in [1.29, 1.82) is 0 Å². The van der Waals surface area contributed by atoms with Gasteiger partial charge in [-0.25, -0.2) is 4.79 Å². The van der Waals surface area contributed by atoms with Crippen molar-refractivity contribution >= 4 is 5.78 Å². The number of hydrogen-bond donors (Lipinski definition) is 2. The average Bonchev–Trinajstić information content (AvgIpc) is 2.30. The second-order valence-electron chi connectivity index (χ2n) is 2.75. The van der Waals surface area contributed by atoms with Gasteiger partial charge in [-0.05, 0) is 13.3 Å². The summed E-state index contributed by atoms with van der Waals surface area (Å²) in [5, 5.41) is 0. The van der Waals surface area contributed by atoms with Crippen molar-refractivity contribution in [3.8, 4) is 0 Å². The zero-order valence-electron chi connectivity index (χ0n) is 7.23. The van der Waals surface area contributed by atoms with Crippen LogP contribution in [0.1, 0.15) is 35.9 Å². The van der Waals surface area contributed by atoms with Gasteiger partial charge in [0.25, 0.3) is 0 Å². The zero-order chi connectivity index (χ0) is 9.14. The van der Waals surface area contributed by atoms with Gasteiger partial charge in [-0.1, -0.05) is 6.92 Å². The number of H-pyrrole nitrogens is 2. The molecule has 12 heavy (non-hydrogen) atoms. The van der Waals surface area contributed by atoms with Gasteiger partial charge in [0.1, 0.15) is 5.69 Å². The van der Waals surface area contributed by atoms with Crippen molar-refractivity contribution in [2.75, 3.05) is 0 Å². The maximum absolute atomic E-state index is 11.3. The highest BCUT2D eigenvalue weighted by molar-refractivity contribution is 5.95. The summed E-state index contributed by atoms with van der Waals surface area (Å²) in [5.74, 6) is -0.00616. The summed E-state index contributed by atoms with van der Waals surface area (Å²) in [7, 11) is 0. The largest absolute Gasteiger partial charge is 0.323 e. The van der Waals surface area contributed by atoms with Gasteiger partial charge in [-0.15, -0.1) is 0 Å². The van der Waals surface area contributed by atoms with Gasteiger partial charge in [0, 0.05) is 12.1 Å². The van der Waals surface area contributed by atoms with E-state index in [0.29, 0.717) is 17.8 Å². The number of imidazole rings is 1. The SMILES string of the molecule is CCCC(=O)c1[nH]c(=O)[nH]c1C. The van der Waals surface area contributed by atoms with E-state index in [9.17, 15) is 9.59 Å². The van der Waals surface area contributed by atoms with Gasteiger partial charge >= 0.3 is 5.69 Å². The average molecular weight is 168 g/mol. The summed E-state index contributed by atoms with van der Waals surface area (Å²) in [5.41, 5.74) is 0.729. The van der Waals surface area contributed by atoms with E-state index in [0.717, 1.165) is 6.42 Å². The molecule has 0 aliphatic heterocycles. The van der Waals surface area contributed by atoms with Crippen LogP contribution in [-0.4, -0.2) is 15.8 Å². The Morgan fingerprint density at radius 2 is 2.08 bits per heavy atom. The topological polar surface area (TPSA) is 65.7 Å². The highest BCUT2D eigenvalue weighted by atomic mass is 16.1. The number of aromatic amines is 2. The number of ketones is 1. The molecule has 1 rings (SSSR count). The third-order valence-electron chi connectivity index (χ3n) is 1.67. The van der Waals surface area contributed by atoms with Crippen LogP contribution >= 0.6 is 0 Å². The Kier molecular flexibility index (Phi) is 2.47. The first-order valence-corrected chi connectivity index (χ1v) is 3.97. The third-order valence-corrected chi connectivity index (χ3v) is 1.67. The van der Waals surface area contributed by atoms with E-state index in [4.69, 9.17) is 0 Å². The van der Waals surface area contributed by atoms with Gasteiger partial charge in [-0.3, -0.25) is 4.79 Å². The molecule has 0 saturated carbocycles. The molecule has 0 atom stereocenters. The first kappa shape index (κ1) is 8.77. The fourth-order valence-electron chi connectivity index (χ4n) is 1.10. The molecule has 1 aromatic heterocycles. The van der Waals surface area contributed by atoms with Crippen LogP contribution in [0.4, 0.5) is 0 Å². The van der Waals surface area contributed by atoms with Crippen LogP contribution in [0, 0.1) is 6.92 Å². The van der Waals surface area contributed by atoms with Gasteiger partial charge in [-0.2, -0.15) is 0 Å². The van der Waals surface area contributed by atoms with E-state index < -0.39 is 0 Å². The van der Waals surface area contributed by atoms with Crippen molar-refractivity contribution in [3.63, 3.8) is 0 Å². The van der Waals surface area contributed by atoms with Gasteiger partial charge in [0.2, 0.25) is 0 Å². The van der Waals surface area contributed by atoms with Gasteiger partial charge < -0.3 is 9.97 Å². The summed E-state index contributed by atoms with van der Waals surface area (Å²) in [4.78, 5) is 27.0. The molecular formula is C8H12N2O2. The first-order chi connectivity index (χ1) is 5.65. The van der Waals surface area contributed by atoms with Crippen molar-refractivity contribution in [3.05, 3.63) is 21.9 Å². The molecule has 0 radical (unpaired) electrons. The number of aryl methyl sites for hydroxylation is 1. The predicted molar refractivity (Wildman–Crippen MR) is 45.4 cm³/mol. The van der Waals surface area contributed by atoms with Gasteiger partial charge in [0.05, 0.1) is 0 Å². The summed E-state index contributed by atoms with van der Waals surface area (Å²) >= 11 is 0. The zero-order valence-corrected chi connectivity index (χ0v) is 7.23. The maximum Gasteiger partial charge on any atom is 0.323 e. The second kappa shape index (κ2) is 3.38. The van der Waals surface area contributed by atoms with Crippen molar-refractivity contribution in [2.45, 2.75) is 26.7 Å². The number of carbonyl (C=O) groups excluding carboxylic acids is 1. The van der Waals surface area contributed by atoms with Crippen LogP contribution < -0.4 is 5.69 Å². The van der Waals surface area contributed by atoms with Crippen LogP contribution in [0.15, 0.2) is 4.79 Å². The number of Topliss-reactive ketones (excluding diaryl/α,β-unsaturated/α-hetero) is 1. The number of nitrogens with one attached hydrogen (secondary N) is 2. The van der Waals surface area contributed by atoms with E-state index in [-0.39, 0.29) is 11.5 Å². The molecule has 4 heteroatoms. The molecule has 4 nitrogen and oxygen atoms in total. The molecule has 1 heterocycles. The van der Waals surface area contributed by atoms with E-state index in [1.54, 1.807) is 6.92 Å². The lowest BCUT2D eigenvalue weighted by Gasteiger charge is -1.94. The van der Waals surface area contributed by atoms with Crippen molar-refractivity contribution in [1.82, 2.24) is 9.97 Å². The molecule has 0 spiro atoms. The van der Waals surface area contributed by atoms with Crippen LogP contribution in [0.5, 0.6) is 0 Å². The second-order valence-corrected chi connectivity index (χ2v) is 2.75. The molecule has 0 bridgehead atoms. The van der Waals surface area contributed by atoms with Crippen molar-refractivity contribution in [2.24, 2.45) is 0 Å². The van der Waals surface area contributed by atoms with E-state index in [1.165, 1.54) is 0 Å². The lowest BCUT2D eigenvalue weighted by Crippen LogP contribution is -2.04. The number of carbonyl (C=O) groups is 1. The molecule has 66 valence electrons. The molecule has 0 amide bonds. The molecule has 2 N–H and O–H groups in total. The monoisotopic (exact) mass is 168 g/mol. The third kappa shape index (κ3) is 1.64. The molecule has 0 fully saturated rings. The standard InChI is InChI=1S/C8H12N2O2/c1-3-4-6(11)7-5(2)9-8(12)10-7/h3-4H2,1-2H3,(H2,9,10,12). The minimum atomic E-state index is -0.313. The first-order valence-electron chi connectivity index (χ1n) is 3.97. The highest BCUT2D eigenvalue weighted by Gasteiger charge is 2.10. The molecular weight excluding hydrogens is 156 g/mol. The fraction of sp³-hybridized carbons (Fsp3) is 0.500. The molecule has 0 aromatic carbocycles. The maximum atomic E-state index is 11.3. The number of hydrogen-bond acceptors (Lipinski definition) is 2. The Balaban J connectivity index is 2.94. The number of rotatable bonds is 3. The van der Waals surface area contributed by atoms with E-state index in [1.807, 2.05) is 6.92 Å². The predicted octanol–water partition coefficient (Wildman–Crippen LogP) is 0.994. The van der Waals surface area contributed by atoms with Crippen LogP contribution in [0.3, 0.4) is 0 Å². The minimum Gasteiger partial charge on any atom is -0.310 e. The Hall–Kier alpha value is -1.32.